The van der Waals surface area contributed by atoms with Gasteiger partial charge in [0, 0.05) is 25.8 Å². The molecule has 0 amide bonds. The van der Waals surface area contributed by atoms with E-state index in [2.05, 4.69) is 22.6 Å². The molecule has 4 nitrogen and oxygen atoms in total. The molecule has 1 fully saturated rings. The van der Waals surface area contributed by atoms with Gasteiger partial charge in [-0.15, -0.1) is 5.10 Å². The zero-order chi connectivity index (χ0) is 11.4. The average molecular weight is 222 g/mol. The van der Waals surface area contributed by atoms with Gasteiger partial charge in [0.2, 0.25) is 0 Å². The fourth-order valence-corrected chi connectivity index (χ4v) is 2.57. The molecule has 1 aliphatic carbocycles. The van der Waals surface area contributed by atoms with Crippen LogP contribution in [0, 0.1) is 5.92 Å². The smallest absolute Gasteiger partial charge is 0.0964 e. The standard InChI is InChI=1S/C12H22N4/c1-3-10-5-4-6-11(7-10)13-8-12-9-16(2)15-14-12/h9-11,13H,3-8H2,1-2H3. The van der Waals surface area contributed by atoms with Gasteiger partial charge in [-0.05, 0) is 18.8 Å². The van der Waals surface area contributed by atoms with E-state index in [0.29, 0.717) is 6.04 Å². The molecule has 4 heteroatoms. The van der Waals surface area contributed by atoms with Crippen molar-refractivity contribution in [1.29, 1.82) is 0 Å². The Morgan fingerprint density at radius 3 is 3.06 bits per heavy atom. The van der Waals surface area contributed by atoms with Crippen LogP contribution in [0.2, 0.25) is 0 Å². The highest BCUT2D eigenvalue weighted by molar-refractivity contribution is 4.92. The van der Waals surface area contributed by atoms with E-state index in [1.54, 1.807) is 4.68 Å². The van der Waals surface area contributed by atoms with Crippen molar-refractivity contribution < 1.29 is 0 Å². The molecule has 1 aliphatic rings. The van der Waals surface area contributed by atoms with E-state index >= 15 is 0 Å². The van der Waals surface area contributed by atoms with Crippen molar-refractivity contribution in [2.75, 3.05) is 0 Å². The molecule has 2 atom stereocenters. The lowest BCUT2D eigenvalue weighted by Gasteiger charge is -2.28. The lowest BCUT2D eigenvalue weighted by molar-refractivity contribution is 0.278. The van der Waals surface area contributed by atoms with E-state index in [4.69, 9.17) is 0 Å². The highest BCUT2D eigenvalue weighted by Crippen LogP contribution is 2.26. The Hall–Kier alpha value is -0.900. The van der Waals surface area contributed by atoms with Crippen LogP contribution in [0.25, 0.3) is 0 Å². The van der Waals surface area contributed by atoms with Crippen molar-refractivity contribution in [3.05, 3.63) is 11.9 Å². The topological polar surface area (TPSA) is 42.7 Å². The minimum absolute atomic E-state index is 0.681. The summed E-state index contributed by atoms with van der Waals surface area (Å²) in [5, 5.41) is 11.6. The van der Waals surface area contributed by atoms with E-state index in [1.807, 2.05) is 13.2 Å². The minimum Gasteiger partial charge on any atom is -0.308 e. The predicted octanol–water partition coefficient (Wildman–Crippen LogP) is 1.87. The molecule has 1 aromatic heterocycles. The van der Waals surface area contributed by atoms with Crippen LogP contribution >= 0.6 is 0 Å². The number of hydrogen-bond acceptors (Lipinski definition) is 3. The average Bonchev–Trinajstić information content (AvgIpc) is 2.73. The van der Waals surface area contributed by atoms with Crippen molar-refractivity contribution in [2.24, 2.45) is 13.0 Å². The Bertz CT molecular complexity index is 321. The third-order valence-corrected chi connectivity index (χ3v) is 3.58. The summed E-state index contributed by atoms with van der Waals surface area (Å²) in [4.78, 5) is 0. The Labute approximate surface area is 97.4 Å². The zero-order valence-corrected chi connectivity index (χ0v) is 10.3. The van der Waals surface area contributed by atoms with Crippen molar-refractivity contribution in [1.82, 2.24) is 20.3 Å². The number of aromatic nitrogens is 3. The molecule has 0 saturated heterocycles. The highest BCUT2D eigenvalue weighted by Gasteiger charge is 2.20. The fraction of sp³-hybridized carbons (Fsp3) is 0.833. The number of aryl methyl sites for hydroxylation is 1. The molecule has 1 aromatic rings. The van der Waals surface area contributed by atoms with Crippen LogP contribution in [0.5, 0.6) is 0 Å². The third kappa shape index (κ3) is 3.04. The summed E-state index contributed by atoms with van der Waals surface area (Å²) in [6, 6.07) is 0.681. The molecule has 0 spiro atoms. The van der Waals surface area contributed by atoms with E-state index in [1.165, 1.54) is 32.1 Å². The summed E-state index contributed by atoms with van der Waals surface area (Å²) in [6.45, 7) is 3.16. The summed E-state index contributed by atoms with van der Waals surface area (Å²) in [7, 11) is 1.91. The first-order valence-corrected chi connectivity index (χ1v) is 6.36. The van der Waals surface area contributed by atoms with Gasteiger partial charge in [-0.3, -0.25) is 4.68 Å². The van der Waals surface area contributed by atoms with Crippen LogP contribution in [0.1, 0.15) is 44.7 Å². The molecule has 0 bridgehead atoms. The number of rotatable bonds is 4. The first-order valence-electron chi connectivity index (χ1n) is 6.36. The Morgan fingerprint density at radius 2 is 2.38 bits per heavy atom. The molecule has 0 aromatic carbocycles. The maximum atomic E-state index is 4.09. The van der Waals surface area contributed by atoms with Gasteiger partial charge >= 0.3 is 0 Å². The van der Waals surface area contributed by atoms with Crippen LogP contribution in [0.15, 0.2) is 6.20 Å². The van der Waals surface area contributed by atoms with Gasteiger partial charge in [0.25, 0.3) is 0 Å². The molecule has 1 saturated carbocycles. The number of hydrogen-bond donors (Lipinski definition) is 1. The molecule has 0 aliphatic heterocycles. The van der Waals surface area contributed by atoms with Crippen molar-refractivity contribution >= 4 is 0 Å². The molecule has 2 unspecified atom stereocenters. The summed E-state index contributed by atoms with van der Waals surface area (Å²) in [6.07, 6.45) is 8.74. The second-order valence-electron chi connectivity index (χ2n) is 4.90. The van der Waals surface area contributed by atoms with Crippen LogP contribution in [-0.4, -0.2) is 21.0 Å². The molecule has 2 rings (SSSR count). The number of nitrogens with zero attached hydrogens (tertiary/aromatic N) is 3. The predicted molar refractivity (Wildman–Crippen MR) is 63.9 cm³/mol. The van der Waals surface area contributed by atoms with Crippen LogP contribution in [0.3, 0.4) is 0 Å². The molecular weight excluding hydrogens is 200 g/mol. The highest BCUT2D eigenvalue weighted by atomic mass is 15.4. The summed E-state index contributed by atoms with van der Waals surface area (Å²) < 4.78 is 1.76. The van der Waals surface area contributed by atoms with Crippen molar-refractivity contribution in [2.45, 2.75) is 51.6 Å². The lowest BCUT2D eigenvalue weighted by Crippen LogP contribution is -2.33. The van der Waals surface area contributed by atoms with Gasteiger partial charge < -0.3 is 5.32 Å². The Morgan fingerprint density at radius 1 is 1.50 bits per heavy atom. The van der Waals surface area contributed by atoms with Gasteiger partial charge in [-0.2, -0.15) is 0 Å². The van der Waals surface area contributed by atoms with Crippen LogP contribution in [0.4, 0.5) is 0 Å². The van der Waals surface area contributed by atoms with E-state index in [-0.39, 0.29) is 0 Å². The summed E-state index contributed by atoms with van der Waals surface area (Å²) >= 11 is 0. The Balaban J connectivity index is 1.77. The normalized spacial score (nSPS) is 25.9. The van der Waals surface area contributed by atoms with Gasteiger partial charge in [0.1, 0.15) is 0 Å². The molecular formula is C12H22N4. The second kappa shape index (κ2) is 5.43. The van der Waals surface area contributed by atoms with Gasteiger partial charge in [0.15, 0.2) is 0 Å². The molecule has 1 N–H and O–H groups in total. The van der Waals surface area contributed by atoms with Crippen LogP contribution in [-0.2, 0) is 13.6 Å². The van der Waals surface area contributed by atoms with E-state index in [9.17, 15) is 0 Å². The third-order valence-electron chi connectivity index (χ3n) is 3.58. The first kappa shape index (κ1) is 11.6. The van der Waals surface area contributed by atoms with Gasteiger partial charge in [0.05, 0.1) is 5.69 Å². The summed E-state index contributed by atoms with van der Waals surface area (Å²) in [5.74, 6) is 0.924. The van der Waals surface area contributed by atoms with Gasteiger partial charge in [-0.25, -0.2) is 0 Å². The quantitative estimate of drug-likeness (QED) is 0.845. The van der Waals surface area contributed by atoms with Crippen molar-refractivity contribution in [3.63, 3.8) is 0 Å². The minimum atomic E-state index is 0.681. The maximum absolute atomic E-state index is 4.09. The molecule has 16 heavy (non-hydrogen) atoms. The number of nitrogens with one attached hydrogen (secondary N) is 1. The Kier molecular flexibility index (Phi) is 3.93. The first-order chi connectivity index (χ1) is 7.78. The van der Waals surface area contributed by atoms with E-state index < -0.39 is 0 Å². The lowest BCUT2D eigenvalue weighted by atomic mass is 9.84. The monoisotopic (exact) mass is 222 g/mol. The second-order valence-corrected chi connectivity index (χ2v) is 4.90. The largest absolute Gasteiger partial charge is 0.308 e. The molecule has 0 radical (unpaired) electrons. The van der Waals surface area contributed by atoms with Gasteiger partial charge in [-0.1, -0.05) is 31.4 Å². The van der Waals surface area contributed by atoms with E-state index in [0.717, 1.165) is 18.2 Å². The zero-order valence-electron chi connectivity index (χ0n) is 10.3. The summed E-state index contributed by atoms with van der Waals surface area (Å²) in [5.41, 5.74) is 1.04. The molecule has 90 valence electrons. The maximum Gasteiger partial charge on any atom is 0.0964 e. The van der Waals surface area contributed by atoms with Crippen molar-refractivity contribution in [3.8, 4) is 0 Å². The molecule has 1 heterocycles. The fourth-order valence-electron chi connectivity index (χ4n) is 2.57. The SMILES string of the molecule is CCC1CCCC(NCc2cn(C)nn2)C1. The van der Waals surface area contributed by atoms with Crippen LogP contribution < -0.4 is 5.32 Å².